The number of hydrogen-bond donors (Lipinski definition) is 2. The fourth-order valence-electron chi connectivity index (χ4n) is 1.67. The van der Waals surface area contributed by atoms with Crippen LogP contribution in [-0.2, 0) is 0 Å². The highest BCUT2D eigenvalue weighted by atomic mass is 32.1. The predicted octanol–water partition coefficient (Wildman–Crippen LogP) is 2.18. The van der Waals surface area contributed by atoms with E-state index in [2.05, 4.69) is 20.4 Å². The Balaban J connectivity index is 2.20. The number of H-pyrrole nitrogens is 1. The first-order chi connectivity index (χ1) is 8.36. The largest absolute Gasteiger partial charge is 0.382 e. The molecular formula is C11H9N5S. The van der Waals surface area contributed by atoms with Gasteiger partial charge >= 0.3 is 0 Å². The van der Waals surface area contributed by atoms with Crippen LogP contribution in [0, 0.1) is 0 Å². The smallest absolute Gasteiger partial charge is 0.154 e. The second-order valence-corrected chi connectivity index (χ2v) is 4.41. The second-order valence-electron chi connectivity index (χ2n) is 3.47. The molecule has 0 unspecified atom stereocenters. The molecule has 6 heteroatoms. The van der Waals surface area contributed by atoms with Crippen LogP contribution in [0.5, 0.6) is 0 Å². The van der Waals surface area contributed by atoms with E-state index in [0.29, 0.717) is 5.82 Å². The summed E-state index contributed by atoms with van der Waals surface area (Å²) in [6.45, 7) is 0. The maximum Gasteiger partial charge on any atom is 0.154 e. The molecule has 0 aliphatic heterocycles. The molecule has 0 spiro atoms. The number of thiophene rings is 1. The van der Waals surface area contributed by atoms with E-state index in [4.69, 9.17) is 5.73 Å². The van der Waals surface area contributed by atoms with Crippen LogP contribution in [0.15, 0.2) is 36.0 Å². The van der Waals surface area contributed by atoms with Gasteiger partial charge in [0.1, 0.15) is 0 Å². The average Bonchev–Trinajstić information content (AvgIpc) is 2.99. The number of hydrogen-bond acceptors (Lipinski definition) is 5. The molecule has 17 heavy (non-hydrogen) atoms. The molecule has 3 aromatic heterocycles. The van der Waals surface area contributed by atoms with Gasteiger partial charge in [0.25, 0.3) is 0 Å². The molecular weight excluding hydrogens is 234 g/mol. The number of nitrogens with zero attached hydrogens (tertiary/aromatic N) is 3. The fourth-order valence-corrected chi connectivity index (χ4v) is 2.46. The molecule has 0 saturated heterocycles. The van der Waals surface area contributed by atoms with E-state index in [9.17, 15) is 0 Å². The summed E-state index contributed by atoms with van der Waals surface area (Å²) < 4.78 is 0. The lowest BCUT2D eigenvalue weighted by Gasteiger charge is -2.00. The van der Waals surface area contributed by atoms with Gasteiger partial charge in [0, 0.05) is 10.4 Å². The summed E-state index contributed by atoms with van der Waals surface area (Å²) in [5.74, 6) is 0.499. The molecule has 0 atom stereocenters. The summed E-state index contributed by atoms with van der Waals surface area (Å²) in [6, 6.07) is 5.88. The van der Waals surface area contributed by atoms with Crippen molar-refractivity contribution in [3.63, 3.8) is 0 Å². The molecule has 0 saturated carbocycles. The summed E-state index contributed by atoms with van der Waals surface area (Å²) in [4.78, 5) is 1.09. The minimum atomic E-state index is 0.499. The van der Waals surface area contributed by atoms with Crippen LogP contribution in [-0.4, -0.2) is 20.4 Å². The minimum absolute atomic E-state index is 0.499. The number of nitrogens with two attached hydrogens (primary N) is 1. The first-order valence-electron chi connectivity index (χ1n) is 5.01. The highest BCUT2D eigenvalue weighted by Crippen LogP contribution is 2.36. The highest BCUT2D eigenvalue weighted by Gasteiger charge is 2.15. The van der Waals surface area contributed by atoms with Gasteiger partial charge in [0.2, 0.25) is 0 Å². The normalized spacial score (nSPS) is 10.6. The van der Waals surface area contributed by atoms with Gasteiger partial charge in [-0.3, -0.25) is 5.10 Å². The van der Waals surface area contributed by atoms with Crippen LogP contribution in [0.3, 0.4) is 0 Å². The van der Waals surface area contributed by atoms with E-state index in [1.807, 2.05) is 23.6 Å². The number of aromatic nitrogens is 4. The molecule has 0 fully saturated rings. The minimum Gasteiger partial charge on any atom is -0.382 e. The standard InChI is InChI=1S/C11H9N5S/c12-11-9(8-2-1-5-17-8)10(15-16-11)7-3-4-13-14-6-7/h1-6H,(H3,12,15,16). The van der Waals surface area contributed by atoms with Crippen molar-refractivity contribution in [1.29, 1.82) is 0 Å². The van der Waals surface area contributed by atoms with Gasteiger partial charge in [-0.2, -0.15) is 15.3 Å². The van der Waals surface area contributed by atoms with Crippen molar-refractivity contribution in [3.05, 3.63) is 36.0 Å². The van der Waals surface area contributed by atoms with Crippen molar-refractivity contribution in [2.75, 3.05) is 5.73 Å². The molecule has 0 aromatic carbocycles. The van der Waals surface area contributed by atoms with Crippen LogP contribution in [0.25, 0.3) is 21.7 Å². The zero-order valence-electron chi connectivity index (χ0n) is 8.79. The molecule has 3 rings (SSSR count). The topological polar surface area (TPSA) is 80.5 Å². The lowest BCUT2D eigenvalue weighted by molar-refractivity contribution is 1.03. The van der Waals surface area contributed by atoms with Gasteiger partial charge in [-0.25, -0.2) is 0 Å². The first kappa shape index (κ1) is 9.98. The second kappa shape index (κ2) is 3.99. The summed E-state index contributed by atoms with van der Waals surface area (Å²) in [6.07, 6.45) is 3.33. The third kappa shape index (κ3) is 1.68. The van der Waals surface area contributed by atoms with Crippen molar-refractivity contribution < 1.29 is 0 Å². The summed E-state index contributed by atoms with van der Waals surface area (Å²) >= 11 is 1.63. The van der Waals surface area contributed by atoms with E-state index in [-0.39, 0.29) is 0 Å². The van der Waals surface area contributed by atoms with Crippen LogP contribution in [0.1, 0.15) is 0 Å². The Hall–Kier alpha value is -2.21. The van der Waals surface area contributed by atoms with Crippen LogP contribution < -0.4 is 5.73 Å². The number of rotatable bonds is 2. The van der Waals surface area contributed by atoms with E-state index >= 15 is 0 Å². The van der Waals surface area contributed by atoms with Crippen LogP contribution in [0.4, 0.5) is 5.82 Å². The van der Waals surface area contributed by atoms with Crippen molar-refractivity contribution in [2.24, 2.45) is 0 Å². The van der Waals surface area contributed by atoms with Crippen molar-refractivity contribution in [3.8, 4) is 21.7 Å². The Morgan fingerprint density at radius 2 is 2.18 bits per heavy atom. The SMILES string of the molecule is Nc1n[nH]c(-c2ccnnc2)c1-c1cccs1. The third-order valence-electron chi connectivity index (χ3n) is 2.43. The maximum atomic E-state index is 5.90. The van der Waals surface area contributed by atoms with Gasteiger partial charge in [-0.1, -0.05) is 6.07 Å². The summed E-state index contributed by atoms with van der Waals surface area (Å²) in [7, 11) is 0. The number of nitrogen functional groups attached to an aromatic ring is 1. The van der Waals surface area contributed by atoms with E-state index in [1.165, 1.54) is 0 Å². The molecule has 5 nitrogen and oxygen atoms in total. The Bertz CT molecular complexity index is 615. The van der Waals surface area contributed by atoms with Crippen molar-refractivity contribution in [2.45, 2.75) is 0 Å². The van der Waals surface area contributed by atoms with Gasteiger partial charge in [0.15, 0.2) is 5.82 Å². The molecule has 0 amide bonds. The monoisotopic (exact) mass is 243 g/mol. The Kier molecular flexibility index (Phi) is 2.34. The quantitative estimate of drug-likeness (QED) is 0.722. The van der Waals surface area contributed by atoms with E-state index < -0.39 is 0 Å². The average molecular weight is 243 g/mol. The van der Waals surface area contributed by atoms with Crippen molar-refractivity contribution in [1.82, 2.24) is 20.4 Å². The van der Waals surface area contributed by atoms with E-state index in [1.54, 1.807) is 23.7 Å². The number of aromatic amines is 1. The Labute approximate surface area is 101 Å². The molecule has 0 aliphatic rings. The summed E-state index contributed by atoms with van der Waals surface area (Å²) in [5, 5.41) is 16.6. The van der Waals surface area contributed by atoms with E-state index in [0.717, 1.165) is 21.7 Å². The lowest BCUT2D eigenvalue weighted by atomic mass is 10.1. The highest BCUT2D eigenvalue weighted by molar-refractivity contribution is 7.13. The zero-order chi connectivity index (χ0) is 11.7. The van der Waals surface area contributed by atoms with Gasteiger partial charge in [-0.05, 0) is 17.5 Å². The van der Waals surface area contributed by atoms with Crippen molar-refractivity contribution >= 4 is 17.2 Å². The Morgan fingerprint density at radius 3 is 2.88 bits per heavy atom. The van der Waals surface area contributed by atoms with Gasteiger partial charge in [0.05, 0.1) is 23.7 Å². The lowest BCUT2D eigenvalue weighted by Crippen LogP contribution is -1.87. The Morgan fingerprint density at radius 1 is 1.24 bits per heavy atom. The predicted molar refractivity (Wildman–Crippen MR) is 67.3 cm³/mol. The van der Waals surface area contributed by atoms with Crippen LogP contribution in [0.2, 0.25) is 0 Å². The molecule has 3 aromatic rings. The number of nitrogens with one attached hydrogen (secondary N) is 1. The summed E-state index contributed by atoms with van der Waals surface area (Å²) in [5.41, 5.74) is 8.62. The molecule has 3 N–H and O–H groups in total. The van der Waals surface area contributed by atoms with Gasteiger partial charge in [-0.15, -0.1) is 11.3 Å². The zero-order valence-corrected chi connectivity index (χ0v) is 9.61. The number of anilines is 1. The molecule has 3 heterocycles. The first-order valence-corrected chi connectivity index (χ1v) is 5.89. The third-order valence-corrected chi connectivity index (χ3v) is 3.32. The van der Waals surface area contributed by atoms with Crippen LogP contribution >= 0.6 is 11.3 Å². The molecule has 0 radical (unpaired) electrons. The molecule has 84 valence electrons. The fraction of sp³-hybridized carbons (Fsp3) is 0. The molecule has 0 aliphatic carbocycles. The van der Waals surface area contributed by atoms with Gasteiger partial charge < -0.3 is 5.73 Å². The maximum absolute atomic E-state index is 5.90. The molecule has 0 bridgehead atoms.